The molecule has 0 aliphatic rings. The lowest BCUT2D eigenvalue weighted by atomic mass is 10.3. The minimum Gasteiger partial charge on any atom is -0.497 e. The van der Waals surface area contributed by atoms with E-state index in [9.17, 15) is 0 Å². The van der Waals surface area contributed by atoms with E-state index in [1.54, 1.807) is 31.4 Å². The van der Waals surface area contributed by atoms with Gasteiger partial charge in [0.25, 0.3) is 0 Å². The van der Waals surface area contributed by atoms with E-state index in [2.05, 4.69) is 10.0 Å². The summed E-state index contributed by atoms with van der Waals surface area (Å²) in [7, 11) is 1.58. The molecule has 1 aromatic rings. The molecule has 86 valence electrons. The topological polar surface area (TPSA) is 87.5 Å². The van der Waals surface area contributed by atoms with Crippen molar-refractivity contribution >= 4 is 0 Å². The fourth-order valence-corrected chi connectivity index (χ4v) is 1.06. The quantitative estimate of drug-likeness (QED) is 0.452. The Labute approximate surface area is 93.0 Å². The number of azide groups is 1. The first kappa shape index (κ1) is 12.2. The van der Waals surface area contributed by atoms with Gasteiger partial charge in [-0.25, -0.2) is 0 Å². The number of hydrogen-bond acceptors (Lipinski definition) is 4. The third-order valence-electron chi connectivity index (χ3n) is 1.93. The molecule has 0 unspecified atom stereocenters. The van der Waals surface area contributed by atoms with E-state index in [4.69, 9.17) is 20.1 Å². The first-order valence-corrected chi connectivity index (χ1v) is 4.72. The molecule has 1 aromatic carbocycles. The lowest BCUT2D eigenvalue weighted by Gasteiger charge is -2.10. The first-order chi connectivity index (χ1) is 7.80. The molecule has 1 atom stereocenters. The van der Waals surface area contributed by atoms with E-state index >= 15 is 0 Å². The smallest absolute Gasteiger partial charge is 0.119 e. The van der Waals surface area contributed by atoms with Crippen molar-refractivity contribution in [2.24, 2.45) is 5.11 Å². The molecule has 1 N–H and O–H groups in total. The monoisotopic (exact) mass is 223 g/mol. The number of hydrogen-bond donors (Lipinski definition) is 1. The largest absolute Gasteiger partial charge is 0.497 e. The Morgan fingerprint density at radius 1 is 1.38 bits per heavy atom. The highest BCUT2D eigenvalue weighted by molar-refractivity contribution is 5.31. The van der Waals surface area contributed by atoms with Crippen molar-refractivity contribution in [2.75, 3.05) is 20.3 Å². The lowest BCUT2D eigenvalue weighted by molar-refractivity contribution is 0.206. The Morgan fingerprint density at radius 2 is 2.00 bits per heavy atom. The molecule has 0 spiro atoms. The highest BCUT2D eigenvalue weighted by atomic mass is 16.5. The molecule has 0 amide bonds. The summed E-state index contributed by atoms with van der Waals surface area (Å²) < 4.78 is 10.3. The van der Waals surface area contributed by atoms with E-state index in [0.29, 0.717) is 5.75 Å². The average molecular weight is 223 g/mol. The molecule has 0 aromatic heterocycles. The van der Waals surface area contributed by atoms with Crippen molar-refractivity contribution in [2.45, 2.75) is 6.04 Å². The number of rotatable bonds is 6. The summed E-state index contributed by atoms with van der Waals surface area (Å²) in [4.78, 5) is 2.61. The van der Waals surface area contributed by atoms with Crippen LogP contribution in [-0.2, 0) is 0 Å². The number of ether oxygens (including phenoxy) is 2. The molecule has 0 radical (unpaired) electrons. The van der Waals surface area contributed by atoms with E-state index in [1.165, 1.54) is 0 Å². The van der Waals surface area contributed by atoms with Crippen molar-refractivity contribution < 1.29 is 14.6 Å². The van der Waals surface area contributed by atoms with Crippen LogP contribution >= 0.6 is 0 Å². The van der Waals surface area contributed by atoms with Gasteiger partial charge >= 0.3 is 0 Å². The van der Waals surface area contributed by atoms with Crippen LogP contribution in [-0.4, -0.2) is 31.5 Å². The van der Waals surface area contributed by atoms with Crippen LogP contribution in [0.3, 0.4) is 0 Å². The van der Waals surface area contributed by atoms with Crippen LogP contribution in [0, 0.1) is 0 Å². The lowest BCUT2D eigenvalue weighted by Crippen LogP contribution is -2.19. The third-order valence-corrected chi connectivity index (χ3v) is 1.93. The van der Waals surface area contributed by atoms with Gasteiger partial charge in [-0.1, -0.05) is 5.11 Å². The van der Waals surface area contributed by atoms with Crippen molar-refractivity contribution in [3.8, 4) is 11.5 Å². The zero-order valence-electron chi connectivity index (χ0n) is 8.91. The van der Waals surface area contributed by atoms with Gasteiger partial charge in [-0.05, 0) is 29.8 Å². The van der Waals surface area contributed by atoms with Crippen LogP contribution in [0.2, 0.25) is 0 Å². The van der Waals surface area contributed by atoms with Crippen LogP contribution in [0.1, 0.15) is 0 Å². The maximum Gasteiger partial charge on any atom is 0.119 e. The Bertz CT molecular complexity index is 360. The van der Waals surface area contributed by atoms with E-state index in [0.717, 1.165) is 5.75 Å². The number of nitrogens with zero attached hydrogens (tertiary/aromatic N) is 3. The molecule has 6 nitrogen and oxygen atoms in total. The van der Waals surface area contributed by atoms with Crippen molar-refractivity contribution in [3.63, 3.8) is 0 Å². The minimum absolute atomic E-state index is 0.146. The number of benzene rings is 1. The Morgan fingerprint density at radius 3 is 2.50 bits per heavy atom. The predicted molar refractivity (Wildman–Crippen MR) is 58.5 cm³/mol. The van der Waals surface area contributed by atoms with Gasteiger partial charge in [-0.15, -0.1) is 0 Å². The fraction of sp³-hybridized carbons (Fsp3) is 0.400. The van der Waals surface area contributed by atoms with Crippen LogP contribution in [0.4, 0.5) is 0 Å². The molecule has 0 aliphatic carbocycles. The number of aliphatic hydroxyl groups excluding tert-OH is 1. The van der Waals surface area contributed by atoms with Crippen molar-refractivity contribution in [3.05, 3.63) is 34.7 Å². The molecule has 0 fully saturated rings. The molecule has 0 saturated heterocycles. The third kappa shape index (κ3) is 3.68. The molecule has 0 aliphatic heterocycles. The van der Waals surface area contributed by atoms with Crippen molar-refractivity contribution in [1.82, 2.24) is 0 Å². The molecule has 6 heteroatoms. The zero-order valence-corrected chi connectivity index (χ0v) is 8.91. The molecule has 0 saturated carbocycles. The highest BCUT2D eigenvalue weighted by Gasteiger charge is 2.05. The van der Waals surface area contributed by atoms with Gasteiger partial charge in [-0.3, -0.25) is 0 Å². The van der Waals surface area contributed by atoms with E-state index < -0.39 is 6.04 Å². The Kier molecular flexibility index (Phi) is 4.98. The summed E-state index contributed by atoms with van der Waals surface area (Å²) in [5, 5.41) is 12.2. The second-order valence-electron chi connectivity index (χ2n) is 3.03. The van der Waals surface area contributed by atoms with Gasteiger partial charge in [-0.2, -0.15) is 0 Å². The standard InChI is InChI=1S/C10H13N3O3/c1-15-9-2-4-10(5-3-9)16-7-8(6-14)12-13-11/h2-5,8,14H,6-7H2,1H3/t8-/m1/s1. The zero-order chi connectivity index (χ0) is 11.8. The molecule has 0 heterocycles. The summed E-state index contributed by atoms with van der Waals surface area (Å²) in [5.74, 6) is 1.37. The number of aliphatic hydroxyl groups is 1. The summed E-state index contributed by atoms with van der Waals surface area (Å²) in [6, 6.07) is 6.44. The van der Waals surface area contributed by atoms with Crippen LogP contribution < -0.4 is 9.47 Å². The van der Waals surface area contributed by atoms with Gasteiger partial charge in [0, 0.05) is 4.91 Å². The minimum atomic E-state index is -0.563. The van der Waals surface area contributed by atoms with Gasteiger partial charge in [0.15, 0.2) is 0 Å². The summed E-state index contributed by atoms with van der Waals surface area (Å²) in [6.45, 7) is -0.0902. The van der Waals surface area contributed by atoms with E-state index in [-0.39, 0.29) is 13.2 Å². The predicted octanol–water partition coefficient (Wildman–Crippen LogP) is 1.75. The van der Waals surface area contributed by atoms with Gasteiger partial charge in [0.1, 0.15) is 11.5 Å². The molecule has 1 rings (SSSR count). The second kappa shape index (κ2) is 6.55. The maximum atomic E-state index is 8.85. The highest BCUT2D eigenvalue weighted by Crippen LogP contribution is 2.17. The average Bonchev–Trinajstić information content (AvgIpc) is 2.35. The normalized spacial score (nSPS) is 11.4. The Hall–Kier alpha value is -1.91. The fourth-order valence-electron chi connectivity index (χ4n) is 1.06. The summed E-state index contributed by atoms with van der Waals surface area (Å²) in [6.07, 6.45) is 0. The number of methoxy groups -OCH3 is 1. The summed E-state index contributed by atoms with van der Waals surface area (Å²) >= 11 is 0. The molecular weight excluding hydrogens is 210 g/mol. The molecule has 0 bridgehead atoms. The van der Waals surface area contributed by atoms with Gasteiger partial charge < -0.3 is 14.6 Å². The Balaban J connectivity index is 2.50. The van der Waals surface area contributed by atoms with Crippen LogP contribution in [0.15, 0.2) is 29.4 Å². The molecule has 16 heavy (non-hydrogen) atoms. The van der Waals surface area contributed by atoms with Gasteiger partial charge in [0.05, 0.1) is 26.4 Å². The summed E-state index contributed by atoms with van der Waals surface area (Å²) in [5.41, 5.74) is 8.21. The van der Waals surface area contributed by atoms with Crippen LogP contribution in [0.5, 0.6) is 11.5 Å². The second-order valence-corrected chi connectivity index (χ2v) is 3.03. The van der Waals surface area contributed by atoms with Crippen molar-refractivity contribution in [1.29, 1.82) is 0 Å². The van der Waals surface area contributed by atoms with Gasteiger partial charge in [0.2, 0.25) is 0 Å². The van der Waals surface area contributed by atoms with Crippen LogP contribution in [0.25, 0.3) is 10.4 Å². The SMILES string of the molecule is COc1ccc(OC[C@@H](CO)N=[N+]=[N-])cc1. The molecular formula is C10H13N3O3. The maximum absolute atomic E-state index is 8.85. The first-order valence-electron chi connectivity index (χ1n) is 4.72. The van der Waals surface area contributed by atoms with E-state index in [1.807, 2.05) is 0 Å².